The molecule has 1 aromatic carbocycles. The van der Waals surface area contributed by atoms with Crippen molar-refractivity contribution in [2.24, 2.45) is 0 Å². The van der Waals surface area contributed by atoms with Crippen LogP contribution in [0.25, 0.3) is 5.69 Å². The number of hydrogen-bond donors (Lipinski definition) is 2. The molecule has 32 heavy (non-hydrogen) atoms. The molecule has 0 aliphatic heterocycles. The van der Waals surface area contributed by atoms with E-state index in [0.29, 0.717) is 17.9 Å². The lowest BCUT2D eigenvalue weighted by molar-refractivity contribution is 0.0504. The smallest absolute Gasteiger partial charge is 0.407 e. The SMILES string of the molecule is CC(C)(C)OC(=O)NCC1(NC(=O)c2nn(-c3ccccc3F)c3c2CCC3)CCCC1. The maximum atomic E-state index is 14.4. The maximum Gasteiger partial charge on any atom is 0.407 e. The van der Waals surface area contributed by atoms with E-state index in [1.807, 2.05) is 20.8 Å². The van der Waals surface area contributed by atoms with Crippen LogP contribution in [0.15, 0.2) is 24.3 Å². The van der Waals surface area contributed by atoms with E-state index < -0.39 is 17.2 Å². The zero-order chi connectivity index (χ0) is 22.9. The molecular formula is C24H31FN4O3. The number of nitrogens with one attached hydrogen (secondary N) is 2. The van der Waals surface area contributed by atoms with Crippen molar-refractivity contribution in [3.05, 3.63) is 47.0 Å². The first-order valence-corrected chi connectivity index (χ1v) is 11.3. The van der Waals surface area contributed by atoms with E-state index in [0.717, 1.165) is 56.2 Å². The molecule has 2 aliphatic rings. The van der Waals surface area contributed by atoms with Crippen LogP contribution in [-0.4, -0.2) is 39.5 Å². The first-order valence-electron chi connectivity index (χ1n) is 11.3. The third-order valence-electron chi connectivity index (χ3n) is 6.14. The summed E-state index contributed by atoms with van der Waals surface area (Å²) in [4.78, 5) is 25.5. The summed E-state index contributed by atoms with van der Waals surface area (Å²) < 4.78 is 21.3. The minimum Gasteiger partial charge on any atom is -0.444 e. The highest BCUT2D eigenvalue weighted by atomic mass is 19.1. The minimum atomic E-state index is -0.587. The van der Waals surface area contributed by atoms with Gasteiger partial charge in [0.1, 0.15) is 17.1 Å². The molecule has 4 rings (SSSR count). The van der Waals surface area contributed by atoms with Gasteiger partial charge in [0.2, 0.25) is 0 Å². The molecule has 1 aromatic heterocycles. The van der Waals surface area contributed by atoms with Crippen LogP contribution in [0, 0.1) is 5.82 Å². The van der Waals surface area contributed by atoms with Crippen molar-refractivity contribution in [3.8, 4) is 5.69 Å². The number of carbonyl (C=O) groups excluding carboxylic acids is 2. The first-order chi connectivity index (χ1) is 15.2. The second-order valence-electron chi connectivity index (χ2n) is 9.79. The Morgan fingerprint density at radius 2 is 1.88 bits per heavy atom. The van der Waals surface area contributed by atoms with Gasteiger partial charge in [-0.25, -0.2) is 13.9 Å². The van der Waals surface area contributed by atoms with Gasteiger partial charge in [-0.2, -0.15) is 5.10 Å². The van der Waals surface area contributed by atoms with Crippen LogP contribution in [0.3, 0.4) is 0 Å². The fourth-order valence-electron chi connectivity index (χ4n) is 4.70. The molecule has 7 nitrogen and oxygen atoms in total. The zero-order valence-electron chi connectivity index (χ0n) is 19.0. The molecular weight excluding hydrogens is 411 g/mol. The van der Waals surface area contributed by atoms with Crippen molar-refractivity contribution in [2.75, 3.05) is 6.54 Å². The maximum absolute atomic E-state index is 14.4. The zero-order valence-corrected chi connectivity index (χ0v) is 19.0. The van der Waals surface area contributed by atoms with E-state index in [9.17, 15) is 14.0 Å². The molecule has 8 heteroatoms. The van der Waals surface area contributed by atoms with Crippen molar-refractivity contribution in [1.29, 1.82) is 0 Å². The number of ether oxygens (including phenoxy) is 1. The lowest BCUT2D eigenvalue weighted by atomic mass is 9.97. The van der Waals surface area contributed by atoms with E-state index in [1.54, 1.807) is 22.9 Å². The number of benzene rings is 1. The highest BCUT2D eigenvalue weighted by Gasteiger charge is 2.38. The number of rotatable bonds is 5. The summed E-state index contributed by atoms with van der Waals surface area (Å²) in [5, 5.41) is 10.5. The Morgan fingerprint density at radius 1 is 1.16 bits per heavy atom. The molecule has 0 unspecified atom stereocenters. The number of aromatic nitrogens is 2. The molecule has 2 amide bonds. The lowest BCUT2D eigenvalue weighted by Gasteiger charge is -2.31. The van der Waals surface area contributed by atoms with Gasteiger partial charge in [0.05, 0.1) is 5.54 Å². The van der Waals surface area contributed by atoms with Gasteiger partial charge in [-0.1, -0.05) is 25.0 Å². The molecule has 0 spiro atoms. The van der Waals surface area contributed by atoms with E-state index in [4.69, 9.17) is 4.74 Å². The van der Waals surface area contributed by atoms with Crippen molar-refractivity contribution in [2.45, 2.75) is 76.9 Å². The van der Waals surface area contributed by atoms with Gasteiger partial charge in [0, 0.05) is 17.8 Å². The van der Waals surface area contributed by atoms with Crippen molar-refractivity contribution in [3.63, 3.8) is 0 Å². The minimum absolute atomic E-state index is 0.272. The average Bonchev–Trinajstić information content (AvgIpc) is 3.43. The second kappa shape index (κ2) is 8.56. The Bertz CT molecular complexity index is 1020. The van der Waals surface area contributed by atoms with E-state index in [1.165, 1.54) is 6.07 Å². The highest BCUT2D eigenvalue weighted by molar-refractivity contribution is 5.95. The molecule has 0 radical (unpaired) electrons. The molecule has 2 aliphatic carbocycles. The lowest BCUT2D eigenvalue weighted by Crippen LogP contribution is -2.54. The second-order valence-corrected chi connectivity index (χ2v) is 9.79. The first kappa shape index (κ1) is 22.3. The van der Waals surface area contributed by atoms with Crippen LogP contribution in [0.5, 0.6) is 0 Å². The van der Waals surface area contributed by atoms with Gasteiger partial charge in [0.15, 0.2) is 5.69 Å². The molecule has 0 saturated heterocycles. The van der Waals surface area contributed by atoms with Gasteiger partial charge in [-0.15, -0.1) is 0 Å². The number of carbonyl (C=O) groups is 2. The summed E-state index contributed by atoms with van der Waals surface area (Å²) in [6, 6.07) is 6.47. The number of para-hydroxylation sites is 1. The monoisotopic (exact) mass is 442 g/mol. The number of amides is 2. The number of halogens is 1. The van der Waals surface area contributed by atoms with Crippen molar-refractivity contribution >= 4 is 12.0 Å². The van der Waals surface area contributed by atoms with Gasteiger partial charge in [-0.05, 0) is 65.0 Å². The largest absolute Gasteiger partial charge is 0.444 e. The van der Waals surface area contributed by atoms with Crippen LogP contribution < -0.4 is 10.6 Å². The predicted octanol–water partition coefficient (Wildman–Crippen LogP) is 4.07. The third-order valence-corrected chi connectivity index (χ3v) is 6.14. The highest BCUT2D eigenvalue weighted by Crippen LogP contribution is 2.32. The summed E-state index contributed by atoms with van der Waals surface area (Å²) in [7, 11) is 0. The topological polar surface area (TPSA) is 85.2 Å². The molecule has 1 saturated carbocycles. The predicted molar refractivity (Wildman–Crippen MR) is 118 cm³/mol. The molecule has 172 valence electrons. The Morgan fingerprint density at radius 3 is 2.56 bits per heavy atom. The molecule has 1 heterocycles. The summed E-state index contributed by atoms with van der Waals surface area (Å²) >= 11 is 0. The number of alkyl carbamates (subject to hydrolysis) is 1. The van der Waals surface area contributed by atoms with Crippen LogP contribution in [0.4, 0.5) is 9.18 Å². The number of hydrogen-bond acceptors (Lipinski definition) is 4. The fourth-order valence-corrected chi connectivity index (χ4v) is 4.70. The van der Waals surface area contributed by atoms with Crippen LogP contribution in [0.1, 0.15) is 74.6 Å². The molecule has 2 N–H and O–H groups in total. The summed E-state index contributed by atoms with van der Waals surface area (Å²) in [6.45, 7) is 5.73. The van der Waals surface area contributed by atoms with Gasteiger partial charge < -0.3 is 15.4 Å². The Balaban J connectivity index is 1.54. The van der Waals surface area contributed by atoms with Gasteiger partial charge in [0.25, 0.3) is 5.91 Å². The van der Waals surface area contributed by atoms with Gasteiger partial charge in [-0.3, -0.25) is 4.79 Å². The Hall–Kier alpha value is -2.90. The van der Waals surface area contributed by atoms with Crippen LogP contribution in [-0.2, 0) is 17.6 Å². The van der Waals surface area contributed by atoms with Crippen LogP contribution in [0.2, 0.25) is 0 Å². The Labute approximate surface area is 187 Å². The standard InChI is InChI=1S/C24H31FN4O3/c1-23(2,3)32-22(31)26-15-24(13-6-7-14-24)27-21(30)20-16-9-8-12-18(16)29(28-20)19-11-5-4-10-17(19)25/h4-5,10-11H,6-9,12-15H2,1-3H3,(H,26,31)(H,27,30). The fraction of sp³-hybridized carbons (Fsp3) is 0.542. The summed E-state index contributed by atoms with van der Waals surface area (Å²) in [5.41, 5.74) is 1.36. The number of nitrogens with zero attached hydrogens (tertiary/aromatic N) is 2. The molecule has 0 bridgehead atoms. The quantitative estimate of drug-likeness (QED) is 0.731. The normalized spacial score (nSPS) is 17.1. The Kier molecular flexibility index (Phi) is 5.97. The van der Waals surface area contributed by atoms with Crippen molar-refractivity contribution < 1.29 is 18.7 Å². The van der Waals surface area contributed by atoms with E-state index in [-0.39, 0.29) is 11.7 Å². The summed E-state index contributed by atoms with van der Waals surface area (Å²) in [6.07, 6.45) is 5.40. The molecule has 2 aromatic rings. The third kappa shape index (κ3) is 4.64. The number of fused-ring (bicyclic) bond motifs is 1. The van der Waals surface area contributed by atoms with Gasteiger partial charge >= 0.3 is 6.09 Å². The van der Waals surface area contributed by atoms with E-state index in [2.05, 4.69) is 15.7 Å². The summed E-state index contributed by atoms with van der Waals surface area (Å²) in [5.74, 6) is -0.642. The van der Waals surface area contributed by atoms with Crippen molar-refractivity contribution in [1.82, 2.24) is 20.4 Å². The van der Waals surface area contributed by atoms with Crippen LogP contribution >= 0.6 is 0 Å². The average molecular weight is 443 g/mol. The molecule has 1 fully saturated rings. The molecule has 0 atom stereocenters. The van der Waals surface area contributed by atoms with E-state index >= 15 is 0 Å².